The Bertz CT molecular complexity index is 1050. The summed E-state index contributed by atoms with van der Waals surface area (Å²) in [6.45, 7) is 2.83. The highest BCUT2D eigenvalue weighted by Gasteiger charge is 2.45. The van der Waals surface area contributed by atoms with E-state index in [1.807, 2.05) is 0 Å². The molecule has 11 nitrogen and oxygen atoms in total. The van der Waals surface area contributed by atoms with Gasteiger partial charge in [-0.15, -0.1) is 0 Å². The first-order chi connectivity index (χ1) is 16.8. The molecule has 2 N–H and O–H groups in total. The Morgan fingerprint density at radius 3 is 2.37 bits per heavy atom. The highest BCUT2D eigenvalue weighted by atomic mass is 16.7. The van der Waals surface area contributed by atoms with E-state index in [0.29, 0.717) is 18.8 Å². The minimum Gasteiger partial charge on any atom is -0.373 e. The Hall–Kier alpha value is -3.31. The van der Waals surface area contributed by atoms with Crippen molar-refractivity contribution in [3.05, 3.63) is 29.3 Å². The smallest absolute Gasteiger partial charge is 0.264 e. The number of carbonyl (C=O) groups excluding carboxylic acids is 5. The highest BCUT2D eigenvalue weighted by molar-refractivity contribution is 6.25. The van der Waals surface area contributed by atoms with E-state index in [1.54, 1.807) is 38.2 Å². The minimum absolute atomic E-state index is 0.0483. The van der Waals surface area contributed by atoms with Gasteiger partial charge in [-0.05, 0) is 38.3 Å². The Morgan fingerprint density at radius 1 is 1.06 bits per heavy atom. The van der Waals surface area contributed by atoms with Gasteiger partial charge in [0.25, 0.3) is 11.8 Å². The van der Waals surface area contributed by atoms with Gasteiger partial charge in [0.1, 0.15) is 12.1 Å². The van der Waals surface area contributed by atoms with Crippen LogP contribution in [0.3, 0.4) is 0 Å². The normalized spacial score (nSPS) is 21.9. The third kappa shape index (κ3) is 4.65. The average molecular weight is 487 g/mol. The Labute approximate surface area is 203 Å². The van der Waals surface area contributed by atoms with E-state index >= 15 is 0 Å². The lowest BCUT2D eigenvalue weighted by molar-refractivity contribution is -0.153. The number of methoxy groups -OCH3 is 2. The SMILES string of the molecule is COC(OC)C1CCN(C(=O)[C@H](C)Nc2cccc3c2C(=O)N(C2CCC(=O)NC2=O)C3=O)CC1. The maximum atomic E-state index is 13.2. The van der Waals surface area contributed by atoms with Crippen LogP contribution in [0.15, 0.2) is 18.2 Å². The van der Waals surface area contributed by atoms with Gasteiger partial charge in [0.15, 0.2) is 6.29 Å². The van der Waals surface area contributed by atoms with Crippen LogP contribution in [0.25, 0.3) is 0 Å². The summed E-state index contributed by atoms with van der Waals surface area (Å²) in [5, 5.41) is 5.28. The molecule has 188 valence electrons. The quantitative estimate of drug-likeness (QED) is 0.426. The molecule has 35 heavy (non-hydrogen) atoms. The van der Waals surface area contributed by atoms with Crippen LogP contribution in [-0.2, 0) is 23.9 Å². The van der Waals surface area contributed by atoms with Crippen molar-refractivity contribution in [1.29, 1.82) is 0 Å². The molecule has 1 aromatic rings. The van der Waals surface area contributed by atoms with Gasteiger partial charge in [-0.1, -0.05) is 6.07 Å². The molecule has 2 atom stereocenters. The van der Waals surface area contributed by atoms with Gasteiger partial charge in [-0.2, -0.15) is 0 Å². The predicted molar refractivity (Wildman–Crippen MR) is 123 cm³/mol. The molecule has 3 aliphatic heterocycles. The molecule has 0 aliphatic carbocycles. The zero-order valence-electron chi connectivity index (χ0n) is 20.0. The zero-order chi connectivity index (χ0) is 25.3. The van der Waals surface area contributed by atoms with E-state index in [-0.39, 0.29) is 42.1 Å². The lowest BCUT2D eigenvalue weighted by atomic mass is 9.95. The molecule has 11 heteroatoms. The van der Waals surface area contributed by atoms with Crippen LogP contribution in [0.1, 0.15) is 53.3 Å². The number of hydrogen-bond acceptors (Lipinski definition) is 8. The second-order valence-electron chi connectivity index (χ2n) is 9.04. The number of imide groups is 2. The molecule has 1 unspecified atom stereocenters. The summed E-state index contributed by atoms with van der Waals surface area (Å²) in [6.07, 6.45) is 1.33. The fraction of sp³-hybridized carbons (Fsp3) is 0.542. The second kappa shape index (κ2) is 10.1. The van der Waals surface area contributed by atoms with Crippen LogP contribution in [-0.4, -0.2) is 85.0 Å². The number of likely N-dealkylation sites (tertiary alicyclic amines) is 1. The number of piperidine rings is 2. The first kappa shape index (κ1) is 24.8. The number of fused-ring (bicyclic) bond motifs is 1. The Balaban J connectivity index is 1.46. The number of nitrogens with zero attached hydrogens (tertiary/aromatic N) is 2. The second-order valence-corrected chi connectivity index (χ2v) is 9.04. The summed E-state index contributed by atoms with van der Waals surface area (Å²) >= 11 is 0. The lowest BCUT2D eigenvalue weighted by Crippen LogP contribution is -2.54. The van der Waals surface area contributed by atoms with Gasteiger partial charge in [-0.25, -0.2) is 0 Å². The number of benzene rings is 1. The van der Waals surface area contributed by atoms with E-state index in [9.17, 15) is 24.0 Å². The molecule has 3 aliphatic rings. The van der Waals surface area contributed by atoms with Crippen molar-refractivity contribution in [1.82, 2.24) is 15.1 Å². The van der Waals surface area contributed by atoms with Crippen LogP contribution >= 0.6 is 0 Å². The van der Waals surface area contributed by atoms with Crippen LogP contribution in [0.2, 0.25) is 0 Å². The molecule has 0 spiro atoms. The molecule has 0 saturated carbocycles. The van der Waals surface area contributed by atoms with E-state index in [1.165, 1.54) is 6.07 Å². The predicted octanol–water partition coefficient (Wildman–Crippen LogP) is 0.746. The first-order valence-electron chi connectivity index (χ1n) is 11.7. The van der Waals surface area contributed by atoms with Gasteiger partial charge in [0, 0.05) is 45.3 Å². The van der Waals surface area contributed by atoms with Crippen LogP contribution in [0, 0.1) is 5.92 Å². The molecule has 4 rings (SSSR count). The summed E-state index contributed by atoms with van der Waals surface area (Å²) in [6, 6.07) is 3.09. The summed E-state index contributed by atoms with van der Waals surface area (Å²) in [5.74, 6) is -2.21. The third-order valence-corrected chi connectivity index (χ3v) is 6.91. The van der Waals surface area contributed by atoms with Crippen LogP contribution < -0.4 is 10.6 Å². The molecule has 2 fully saturated rings. The fourth-order valence-electron chi connectivity index (χ4n) is 5.08. The molecule has 3 heterocycles. The van der Waals surface area contributed by atoms with Gasteiger partial charge in [0.2, 0.25) is 17.7 Å². The number of hydrogen-bond donors (Lipinski definition) is 2. The van der Waals surface area contributed by atoms with Crippen molar-refractivity contribution in [2.45, 2.75) is 51.0 Å². The standard InChI is InChI=1S/C24H30N4O7/c1-13(21(31)27-11-9-14(10-12-27)24(34-2)35-3)25-16-6-4-5-15-19(16)23(33)28(22(15)32)17-7-8-18(29)26-20(17)30/h4-6,13-14,17,24-25H,7-12H2,1-3H3,(H,26,29,30)/t13-,17?/m0/s1. The van der Waals surface area contributed by atoms with Crippen LogP contribution in [0.4, 0.5) is 5.69 Å². The summed E-state index contributed by atoms with van der Waals surface area (Å²) in [4.78, 5) is 65.8. The van der Waals surface area contributed by atoms with E-state index < -0.39 is 35.7 Å². The molecule has 0 aromatic heterocycles. The minimum atomic E-state index is -1.05. The van der Waals surface area contributed by atoms with Crippen molar-refractivity contribution in [3.8, 4) is 0 Å². The van der Waals surface area contributed by atoms with Gasteiger partial charge in [-0.3, -0.25) is 34.2 Å². The fourth-order valence-corrected chi connectivity index (χ4v) is 5.08. The lowest BCUT2D eigenvalue weighted by Gasteiger charge is -2.36. The molecule has 0 bridgehead atoms. The third-order valence-electron chi connectivity index (χ3n) is 6.91. The van der Waals surface area contributed by atoms with E-state index in [0.717, 1.165) is 17.7 Å². The number of rotatable bonds is 7. The Kier molecular flexibility index (Phi) is 7.18. The molecule has 1 aromatic carbocycles. The average Bonchev–Trinajstić information content (AvgIpc) is 3.10. The summed E-state index contributed by atoms with van der Waals surface area (Å²) in [5.41, 5.74) is 0.643. The van der Waals surface area contributed by atoms with E-state index in [2.05, 4.69) is 10.6 Å². The first-order valence-corrected chi connectivity index (χ1v) is 11.7. The maximum Gasteiger partial charge on any atom is 0.264 e. The monoisotopic (exact) mass is 486 g/mol. The molecular weight excluding hydrogens is 456 g/mol. The molecule has 2 saturated heterocycles. The number of anilines is 1. The zero-order valence-corrected chi connectivity index (χ0v) is 20.0. The largest absolute Gasteiger partial charge is 0.373 e. The van der Waals surface area contributed by atoms with Crippen molar-refractivity contribution in [3.63, 3.8) is 0 Å². The van der Waals surface area contributed by atoms with Gasteiger partial charge < -0.3 is 19.7 Å². The molecule has 5 amide bonds. The van der Waals surface area contributed by atoms with Crippen molar-refractivity contribution in [2.75, 3.05) is 32.6 Å². The molecular formula is C24H30N4O7. The van der Waals surface area contributed by atoms with Crippen molar-refractivity contribution < 1.29 is 33.4 Å². The number of amides is 5. The van der Waals surface area contributed by atoms with Crippen molar-refractivity contribution in [2.24, 2.45) is 5.92 Å². The summed E-state index contributed by atoms with van der Waals surface area (Å²) < 4.78 is 10.7. The van der Waals surface area contributed by atoms with Crippen molar-refractivity contribution >= 4 is 35.2 Å². The topological polar surface area (TPSA) is 134 Å². The number of ether oxygens (including phenoxy) is 2. The van der Waals surface area contributed by atoms with Crippen LogP contribution in [0.5, 0.6) is 0 Å². The highest BCUT2D eigenvalue weighted by Crippen LogP contribution is 2.33. The number of nitrogens with one attached hydrogen (secondary N) is 2. The summed E-state index contributed by atoms with van der Waals surface area (Å²) in [7, 11) is 3.20. The van der Waals surface area contributed by atoms with Gasteiger partial charge in [0.05, 0.1) is 11.1 Å². The Morgan fingerprint density at radius 2 is 1.74 bits per heavy atom. The van der Waals surface area contributed by atoms with E-state index in [4.69, 9.17) is 9.47 Å². The van der Waals surface area contributed by atoms with Gasteiger partial charge >= 0.3 is 0 Å². The molecule has 0 radical (unpaired) electrons. The number of carbonyl (C=O) groups is 5. The maximum absolute atomic E-state index is 13.2.